The molecule has 0 amide bonds. The van der Waals surface area contributed by atoms with Gasteiger partial charge in [-0.2, -0.15) is 0 Å². The fourth-order valence-electron chi connectivity index (χ4n) is 3.48. The number of rotatable bonds is 3. The van der Waals surface area contributed by atoms with Crippen LogP contribution in [0.1, 0.15) is 44.6 Å². The lowest BCUT2D eigenvalue weighted by molar-refractivity contribution is -0.138. The fourth-order valence-corrected chi connectivity index (χ4v) is 3.73. The quantitative estimate of drug-likeness (QED) is 0.845. The van der Waals surface area contributed by atoms with E-state index >= 15 is 0 Å². The van der Waals surface area contributed by atoms with Crippen molar-refractivity contribution in [3.63, 3.8) is 0 Å². The van der Waals surface area contributed by atoms with Crippen molar-refractivity contribution in [1.29, 1.82) is 0 Å². The summed E-state index contributed by atoms with van der Waals surface area (Å²) in [6.45, 7) is 3.90. The third kappa shape index (κ3) is 2.86. The van der Waals surface area contributed by atoms with E-state index in [-0.39, 0.29) is 12.4 Å². The number of carbonyl (C=O) groups excluding carboxylic acids is 2. The van der Waals surface area contributed by atoms with Gasteiger partial charge >= 0.3 is 5.97 Å². The maximum absolute atomic E-state index is 12.6. The van der Waals surface area contributed by atoms with Gasteiger partial charge in [0.2, 0.25) is 0 Å². The van der Waals surface area contributed by atoms with E-state index in [2.05, 4.69) is 5.32 Å². The summed E-state index contributed by atoms with van der Waals surface area (Å²) >= 11 is 6.40. The third-order valence-electron chi connectivity index (χ3n) is 4.49. The van der Waals surface area contributed by atoms with Gasteiger partial charge in [-0.3, -0.25) is 4.79 Å². The smallest absolute Gasteiger partial charge is 0.336 e. The van der Waals surface area contributed by atoms with Crippen molar-refractivity contribution in [1.82, 2.24) is 5.32 Å². The van der Waals surface area contributed by atoms with E-state index < -0.39 is 11.9 Å². The molecule has 0 unspecified atom stereocenters. The van der Waals surface area contributed by atoms with Crippen molar-refractivity contribution in [2.75, 3.05) is 6.61 Å². The minimum Gasteiger partial charge on any atom is -0.463 e. The van der Waals surface area contributed by atoms with Crippen LogP contribution < -0.4 is 5.32 Å². The van der Waals surface area contributed by atoms with E-state index in [9.17, 15) is 9.59 Å². The molecule has 1 aliphatic heterocycles. The molecule has 5 heteroatoms. The summed E-state index contributed by atoms with van der Waals surface area (Å²) in [5.41, 5.74) is 3.53. The van der Waals surface area contributed by atoms with Gasteiger partial charge in [-0.15, -0.1) is 0 Å². The number of hydrogen-bond acceptors (Lipinski definition) is 4. The maximum atomic E-state index is 12.6. The fraction of sp³-hybridized carbons (Fsp3) is 0.368. The molecule has 0 saturated carbocycles. The molecule has 0 saturated heterocycles. The molecule has 2 aliphatic rings. The molecule has 1 atom stereocenters. The number of ketones is 1. The third-order valence-corrected chi connectivity index (χ3v) is 4.83. The summed E-state index contributed by atoms with van der Waals surface area (Å²) in [6, 6.07) is 7.36. The Labute approximate surface area is 146 Å². The van der Waals surface area contributed by atoms with Crippen molar-refractivity contribution in [2.24, 2.45) is 0 Å². The molecule has 1 aliphatic carbocycles. The molecule has 1 aromatic carbocycles. The molecule has 3 rings (SSSR count). The first-order valence-corrected chi connectivity index (χ1v) is 8.58. The Balaban J connectivity index is 2.19. The molecule has 0 radical (unpaired) electrons. The van der Waals surface area contributed by atoms with Crippen molar-refractivity contribution in [3.8, 4) is 0 Å². The van der Waals surface area contributed by atoms with Crippen LogP contribution >= 0.6 is 11.6 Å². The zero-order valence-electron chi connectivity index (χ0n) is 13.8. The van der Waals surface area contributed by atoms with Crippen LogP contribution in [-0.4, -0.2) is 18.4 Å². The number of dihydropyridines is 1. The number of carbonyl (C=O) groups is 2. The number of hydrogen-bond donors (Lipinski definition) is 1. The number of halogens is 1. The summed E-state index contributed by atoms with van der Waals surface area (Å²) in [7, 11) is 0. The molecule has 4 nitrogen and oxygen atoms in total. The average molecular weight is 346 g/mol. The number of benzene rings is 1. The summed E-state index contributed by atoms with van der Waals surface area (Å²) in [4.78, 5) is 25.2. The van der Waals surface area contributed by atoms with Crippen molar-refractivity contribution < 1.29 is 14.3 Å². The van der Waals surface area contributed by atoms with E-state index in [0.29, 0.717) is 22.6 Å². The number of esters is 1. The Hall–Kier alpha value is -2.07. The van der Waals surface area contributed by atoms with Crippen molar-refractivity contribution in [3.05, 3.63) is 57.4 Å². The lowest BCUT2D eigenvalue weighted by atomic mass is 9.75. The first-order chi connectivity index (χ1) is 11.5. The number of Topliss-reactive ketones (excluding diaryl/α,β-unsaturated/α-hetero) is 1. The minimum absolute atomic E-state index is 0.0722. The summed E-state index contributed by atoms with van der Waals surface area (Å²) in [5, 5.41) is 3.80. The van der Waals surface area contributed by atoms with Crippen LogP contribution in [0.3, 0.4) is 0 Å². The average Bonchev–Trinajstić information content (AvgIpc) is 2.54. The number of ether oxygens (including phenoxy) is 1. The van der Waals surface area contributed by atoms with Crippen LogP contribution in [0.25, 0.3) is 0 Å². The van der Waals surface area contributed by atoms with Crippen LogP contribution in [0.2, 0.25) is 5.02 Å². The predicted octanol–water partition coefficient (Wildman–Crippen LogP) is 3.87. The van der Waals surface area contributed by atoms with E-state index in [0.717, 1.165) is 29.8 Å². The monoisotopic (exact) mass is 345 g/mol. The lowest BCUT2D eigenvalue weighted by Gasteiger charge is -2.34. The SMILES string of the molecule is CCOC(=O)C1=C(C)NC2=C(C(=O)CCC2)[C@H]1c1ccccc1Cl. The molecule has 0 spiro atoms. The van der Waals surface area contributed by atoms with E-state index in [1.54, 1.807) is 13.0 Å². The van der Waals surface area contributed by atoms with Gasteiger partial charge in [-0.25, -0.2) is 4.79 Å². The molecule has 24 heavy (non-hydrogen) atoms. The second-order valence-corrected chi connectivity index (χ2v) is 6.41. The first kappa shape index (κ1) is 16.8. The molecular formula is C19H20ClNO3. The van der Waals surface area contributed by atoms with Gasteiger partial charge in [0.25, 0.3) is 0 Å². The Morgan fingerprint density at radius 1 is 1.33 bits per heavy atom. The second kappa shape index (κ2) is 6.81. The van der Waals surface area contributed by atoms with Gasteiger partial charge in [-0.05, 0) is 38.3 Å². The van der Waals surface area contributed by atoms with Gasteiger partial charge in [0, 0.05) is 34.3 Å². The Morgan fingerprint density at radius 2 is 2.08 bits per heavy atom. The highest BCUT2D eigenvalue weighted by atomic mass is 35.5. The van der Waals surface area contributed by atoms with Gasteiger partial charge in [-0.1, -0.05) is 29.8 Å². The second-order valence-electron chi connectivity index (χ2n) is 6.01. The van der Waals surface area contributed by atoms with Gasteiger partial charge in [0.1, 0.15) is 0 Å². The van der Waals surface area contributed by atoms with Crippen LogP contribution in [0, 0.1) is 0 Å². The topological polar surface area (TPSA) is 55.4 Å². The highest BCUT2D eigenvalue weighted by molar-refractivity contribution is 6.31. The molecule has 0 aromatic heterocycles. The van der Waals surface area contributed by atoms with Gasteiger partial charge in [0.05, 0.1) is 12.2 Å². The predicted molar refractivity (Wildman–Crippen MR) is 92.5 cm³/mol. The maximum Gasteiger partial charge on any atom is 0.336 e. The van der Waals surface area contributed by atoms with Crippen LogP contribution in [-0.2, 0) is 14.3 Å². The summed E-state index contributed by atoms with van der Waals surface area (Å²) in [6.07, 6.45) is 2.12. The van der Waals surface area contributed by atoms with E-state index in [4.69, 9.17) is 16.3 Å². The lowest BCUT2D eigenvalue weighted by Crippen LogP contribution is -2.34. The first-order valence-electron chi connectivity index (χ1n) is 8.20. The van der Waals surface area contributed by atoms with Crippen molar-refractivity contribution >= 4 is 23.4 Å². The van der Waals surface area contributed by atoms with Crippen molar-refractivity contribution in [2.45, 2.75) is 39.0 Å². The van der Waals surface area contributed by atoms with Crippen LogP contribution in [0.5, 0.6) is 0 Å². The highest BCUT2D eigenvalue weighted by Crippen LogP contribution is 2.44. The standard InChI is InChI=1S/C19H20ClNO3/c1-3-24-19(23)16-11(2)21-14-9-6-10-15(22)18(14)17(16)12-7-4-5-8-13(12)20/h4-5,7-8,17,21H,3,6,9-10H2,1-2H3/t17-/m0/s1. The zero-order valence-corrected chi connectivity index (χ0v) is 14.6. The molecule has 126 valence electrons. The molecule has 0 fully saturated rings. The molecular weight excluding hydrogens is 326 g/mol. The van der Waals surface area contributed by atoms with Gasteiger partial charge < -0.3 is 10.1 Å². The summed E-state index contributed by atoms with van der Waals surface area (Å²) < 4.78 is 5.24. The minimum atomic E-state index is -0.471. The van der Waals surface area contributed by atoms with E-state index in [1.165, 1.54) is 0 Å². The molecule has 0 bridgehead atoms. The largest absolute Gasteiger partial charge is 0.463 e. The molecule has 1 heterocycles. The highest BCUT2D eigenvalue weighted by Gasteiger charge is 2.39. The molecule has 1 N–H and O–H groups in total. The van der Waals surface area contributed by atoms with Crippen LogP contribution in [0.4, 0.5) is 0 Å². The Bertz CT molecular complexity index is 764. The Kier molecular flexibility index (Phi) is 4.76. The number of nitrogens with one attached hydrogen (secondary N) is 1. The molecule has 1 aromatic rings. The zero-order chi connectivity index (χ0) is 17.3. The van der Waals surface area contributed by atoms with E-state index in [1.807, 2.05) is 25.1 Å². The van der Waals surface area contributed by atoms with Crippen LogP contribution in [0.15, 0.2) is 46.8 Å². The Morgan fingerprint density at radius 3 is 2.79 bits per heavy atom. The summed E-state index contributed by atoms with van der Waals surface area (Å²) in [5.74, 6) is -0.804. The van der Waals surface area contributed by atoms with Gasteiger partial charge in [0.15, 0.2) is 5.78 Å². The number of allylic oxidation sites excluding steroid dienone is 3. The normalized spacial score (nSPS) is 20.6.